The number of aliphatic hydroxyl groups is 1. The van der Waals surface area contributed by atoms with Gasteiger partial charge in [0.15, 0.2) is 0 Å². The minimum Gasteiger partial charge on any atom is -0.393 e. The highest BCUT2D eigenvalue weighted by Gasteiger charge is 2.21. The number of aliphatic hydroxyl groups excluding tert-OH is 1. The van der Waals surface area contributed by atoms with Crippen LogP contribution in [-0.2, 0) is 5.41 Å². The number of hydrogen-bond donors (Lipinski definition) is 1. The van der Waals surface area contributed by atoms with E-state index in [-0.39, 0.29) is 11.5 Å². The zero-order chi connectivity index (χ0) is 9.90. The first kappa shape index (κ1) is 10.3. The minimum absolute atomic E-state index is 0.0649. The van der Waals surface area contributed by atoms with Crippen LogP contribution in [0.5, 0.6) is 0 Å². The van der Waals surface area contributed by atoms with Crippen molar-refractivity contribution in [3.8, 4) is 0 Å². The van der Waals surface area contributed by atoms with E-state index in [1.807, 2.05) is 25.1 Å². The van der Waals surface area contributed by atoms with Gasteiger partial charge < -0.3 is 5.11 Å². The van der Waals surface area contributed by atoms with Gasteiger partial charge in [0.2, 0.25) is 0 Å². The van der Waals surface area contributed by atoms with Crippen molar-refractivity contribution in [2.75, 3.05) is 0 Å². The first-order valence-electron chi connectivity index (χ1n) is 4.76. The molecule has 0 spiro atoms. The smallest absolute Gasteiger partial charge is 0.0520 e. The third-order valence-electron chi connectivity index (χ3n) is 2.36. The van der Waals surface area contributed by atoms with Crippen LogP contribution in [0.2, 0.25) is 0 Å². The Hall–Kier alpha value is -0.820. The third kappa shape index (κ3) is 2.85. The molecule has 1 heteroatoms. The first-order valence-corrected chi connectivity index (χ1v) is 4.76. The Morgan fingerprint density at radius 1 is 1.23 bits per heavy atom. The van der Waals surface area contributed by atoms with Gasteiger partial charge in [-0.25, -0.2) is 0 Å². The Bertz CT molecular complexity index is 249. The second-order valence-corrected chi connectivity index (χ2v) is 4.30. The molecule has 0 aromatic heterocycles. The zero-order valence-corrected chi connectivity index (χ0v) is 8.62. The van der Waals surface area contributed by atoms with Gasteiger partial charge in [-0.3, -0.25) is 0 Å². The summed E-state index contributed by atoms with van der Waals surface area (Å²) in [5, 5.41) is 9.35. The average molecular weight is 178 g/mol. The topological polar surface area (TPSA) is 20.2 Å². The zero-order valence-electron chi connectivity index (χ0n) is 8.62. The number of rotatable bonds is 3. The van der Waals surface area contributed by atoms with E-state index >= 15 is 0 Å². The van der Waals surface area contributed by atoms with Gasteiger partial charge in [0, 0.05) is 0 Å². The van der Waals surface area contributed by atoms with Crippen LogP contribution in [0.1, 0.15) is 32.8 Å². The van der Waals surface area contributed by atoms with Crippen molar-refractivity contribution in [1.82, 2.24) is 0 Å². The number of benzene rings is 1. The maximum Gasteiger partial charge on any atom is 0.0520 e. The lowest BCUT2D eigenvalue weighted by Gasteiger charge is -2.26. The molecule has 0 bridgehead atoms. The summed E-state index contributed by atoms with van der Waals surface area (Å²) in [5.41, 5.74) is 1.35. The molecule has 0 aliphatic heterocycles. The van der Waals surface area contributed by atoms with Crippen molar-refractivity contribution in [2.45, 2.75) is 38.7 Å². The summed E-state index contributed by atoms with van der Waals surface area (Å²) in [7, 11) is 0. The molecule has 1 atom stereocenters. The molecule has 0 aliphatic rings. The second-order valence-electron chi connectivity index (χ2n) is 4.30. The molecule has 0 heterocycles. The van der Waals surface area contributed by atoms with Gasteiger partial charge in [-0.15, -0.1) is 0 Å². The van der Waals surface area contributed by atoms with Crippen LogP contribution in [0.15, 0.2) is 30.3 Å². The van der Waals surface area contributed by atoms with Gasteiger partial charge in [0.05, 0.1) is 6.10 Å². The van der Waals surface area contributed by atoms with Crippen molar-refractivity contribution < 1.29 is 5.11 Å². The van der Waals surface area contributed by atoms with Gasteiger partial charge in [0.25, 0.3) is 0 Å². The van der Waals surface area contributed by atoms with E-state index in [1.54, 1.807) is 0 Å². The van der Waals surface area contributed by atoms with E-state index in [0.29, 0.717) is 0 Å². The van der Waals surface area contributed by atoms with Crippen LogP contribution in [0.3, 0.4) is 0 Å². The molecule has 0 saturated carbocycles. The average Bonchev–Trinajstić information content (AvgIpc) is 2.04. The van der Waals surface area contributed by atoms with Crippen molar-refractivity contribution in [1.29, 1.82) is 0 Å². The second kappa shape index (κ2) is 3.93. The van der Waals surface area contributed by atoms with E-state index in [4.69, 9.17) is 0 Å². The highest BCUT2D eigenvalue weighted by molar-refractivity contribution is 5.23. The summed E-state index contributed by atoms with van der Waals surface area (Å²) >= 11 is 0. The normalized spacial score (nSPS) is 14.2. The Balaban J connectivity index is 2.81. The maximum atomic E-state index is 9.35. The summed E-state index contributed by atoms with van der Waals surface area (Å²) in [6.45, 7) is 6.16. The lowest BCUT2D eigenvalue weighted by Crippen LogP contribution is -2.22. The summed E-state index contributed by atoms with van der Waals surface area (Å²) < 4.78 is 0. The standard InChI is InChI=1S/C12H18O/c1-10(13)9-12(2,3)11-7-5-4-6-8-11/h4-8,10,13H,9H2,1-3H3. The van der Waals surface area contributed by atoms with Crippen LogP contribution in [0, 0.1) is 0 Å². The van der Waals surface area contributed by atoms with E-state index in [2.05, 4.69) is 26.0 Å². The van der Waals surface area contributed by atoms with Crippen LogP contribution < -0.4 is 0 Å². The SMILES string of the molecule is CC(O)CC(C)(C)c1ccccc1. The fourth-order valence-corrected chi connectivity index (χ4v) is 1.75. The lowest BCUT2D eigenvalue weighted by atomic mass is 9.80. The summed E-state index contributed by atoms with van der Waals surface area (Å²) in [4.78, 5) is 0. The first-order chi connectivity index (χ1) is 6.02. The van der Waals surface area contributed by atoms with Crippen molar-refractivity contribution in [3.05, 3.63) is 35.9 Å². The van der Waals surface area contributed by atoms with Crippen molar-refractivity contribution in [2.24, 2.45) is 0 Å². The van der Waals surface area contributed by atoms with E-state index in [9.17, 15) is 5.11 Å². The Kier molecular flexibility index (Phi) is 3.10. The molecule has 1 aromatic carbocycles. The predicted molar refractivity (Wildman–Crippen MR) is 55.8 cm³/mol. The molecule has 0 amide bonds. The molecule has 13 heavy (non-hydrogen) atoms. The van der Waals surface area contributed by atoms with Gasteiger partial charge in [-0.2, -0.15) is 0 Å². The molecule has 1 N–H and O–H groups in total. The quantitative estimate of drug-likeness (QED) is 0.754. The monoisotopic (exact) mass is 178 g/mol. The molecule has 1 rings (SSSR count). The minimum atomic E-state index is -0.241. The van der Waals surface area contributed by atoms with Gasteiger partial charge in [0.1, 0.15) is 0 Å². The summed E-state index contributed by atoms with van der Waals surface area (Å²) in [6, 6.07) is 10.3. The summed E-state index contributed by atoms with van der Waals surface area (Å²) in [6.07, 6.45) is 0.562. The largest absolute Gasteiger partial charge is 0.393 e. The number of hydrogen-bond acceptors (Lipinski definition) is 1. The van der Waals surface area contributed by atoms with Crippen molar-refractivity contribution >= 4 is 0 Å². The Morgan fingerprint density at radius 2 is 1.77 bits per heavy atom. The van der Waals surface area contributed by atoms with E-state index in [0.717, 1.165) is 6.42 Å². The molecule has 1 aromatic rings. The molecular weight excluding hydrogens is 160 g/mol. The molecule has 1 unspecified atom stereocenters. The van der Waals surface area contributed by atoms with E-state index in [1.165, 1.54) is 5.56 Å². The highest BCUT2D eigenvalue weighted by atomic mass is 16.3. The van der Waals surface area contributed by atoms with Crippen LogP contribution >= 0.6 is 0 Å². The van der Waals surface area contributed by atoms with Crippen molar-refractivity contribution in [3.63, 3.8) is 0 Å². The van der Waals surface area contributed by atoms with Gasteiger partial charge >= 0.3 is 0 Å². The molecular formula is C12H18O. The van der Waals surface area contributed by atoms with Crippen LogP contribution in [0.25, 0.3) is 0 Å². The van der Waals surface area contributed by atoms with Gasteiger partial charge in [-0.05, 0) is 24.3 Å². The Labute approximate surface area is 80.4 Å². The molecule has 72 valence electrons. The van der Waals surface area contributed by atoms with Gasteiger partial charge in [-0.1, -0.05) is 44.2 Å². The van der Waals surface area contributed by atoms with Crippen LogP contribution in [0.4, 0.5) is 0 Å². The highest BCUT2D eigenvalue weighted by Crippen LogP contribution is 2.27. The maximum absolute atomic E-state index is 9.35. The molecule has 0 saturated heterocycles. The lowest BCUT2D eigenvalue weighted by molar-refractivity contribution is 0.157. The van der Waals surface area contributed by atoms with E-state index < -0.39 is 0 Å². The Morgan fingerprint density at radius 3 is 2.23 bits per heavy atom. The van der Waals surface area contributed by atoms with Crippen LogP contribution in [-0.4, -0.2) is 11.2 Å². The molecule has 0 fully saturated rings. The summed E-state index contributed by atoms with van der Waals surface area (Å²) in [5.74, 6) is 0. The molecule has 0 radical (unpaired) electrons. The molecule has 1 nitrogen and oxygen atoms in total. The fraction of sp³-hybridized carbons (Fsp3) is 0.500. The fourth-order valence-electron chi connectivity index (χ4n) is 1.75. The molecule has 0 aliphatic carbocycles. The predicted octanol–water partition coefficient (Wildman–Crippen LogP) is 2.74. The third-order valence-corrected chi connectivity index (χ3v) is 2.36.